The van der Waals surface area contributed by atoms with Gasteiger partial charge in [-0.2, -0.15) is 0 Å². The minimum atomic E-state index is -0.105. The van der Waals surface area contributed by atoms with Crippen LogP contribution in [-0.4, -0.2) is 25.0 Å². The number of hydrogen-bond donors (Lipinski definition) is 0. The van der Waals surface area contributed by atoms with Gasteiger partial charge >= 0.3 is 0 Å². The lowest BCUT2D eigenvalue weighted by Crippen LogP contribution is -2.49. The van der Waals surface area contributed by atoms with Crippen molar-refractivity contribution < 1.29 is 14.3 Å². The van der Waals surface area contributed by atoms with E-state index in [2.05, 4.69) is 4.98 Å². The number of fused-ring (bicyclic) bond motifs is 1. The van der Waals surface area contributed by atoms with Crippen molar-refractivity contribution in [2.24, 2.45) is 23.2 Å². The summed E-state index contributed by atoms with van der Waals surface area (Å²) in [5, 5.41) is 0.974. The first-order valence-electron chi connectivity index (χ1n) is 10.3. The summed E-state index contributed by atoms with van der Waals surface area (Å²) < 4.78 is 10.8. The number of methoxy groups -OCH3 is 2. The maximum absolute atomic E-state index is 13.3. The molecule has 4 heteroatoms. The first kappa shape index (κ1) is 17.7. The van der Waals surface area contributed by atoms with Crippen LogP contribution in [0, 0.1) is 23.2 Å². The Morgan fingerprint density at radius 3 is 2.32 bits per heavy atom. The van der Waals surface area contributed by atoms with Crippen molar-refractivity contribution in [1.82, 2.24) is 4.98 Å². The Balaban J connectivity index is 1.45. The van der Waals surface area contributed by atoms with E-state index in [-0.39, 0.29) is 5.41 Å². The summed E-state index contributed by atoms with van der Waals surface area (Å²) in [6, 6.07) is 7.79. The molecule has 6 rings (SSSR count). The van der Waals surface area contributed by atoms with Crippen molar-refractivity contribution in [2.45, 2.75) is 38.5 Å². The van der Waals surface area contributed by atoms with E-state index < -0.39 is 0 Å². The molecule has 0 radical (unpaired) electrons. The molecule has 1 aromatic carbocycles. The maximum Gasteiger partial charge on any atom is 0.221 e. The number of pyridine rings is 1. The summed E-state index contributed by atoms with van der Waals surface area (Å²) in [4.78, 5) is 17.9. The highest BCUT2D eigenvalue weighted by Gasteiger charge is 2.53. The maximum atomic E-state index is 13.3. The zero-order chi connectivity index (χ0) is 19.3. The monoisotopic (exact) mass is 377 g/mol. The van der Waals surface area contributed by atoms with Gasteiger partial charge in [0, 0.05) is 16.4 Å². The molecule has 1 heterocycles. The molecule has 0 unspecified atom stereocenters. The number of carbonyl (C=O) groups is 1. The van der Waals surface area contributed by atoms with Gasteiger partial charge in [0.05, 0.1) is 19.7 Å². The van der Waals surface area contributed by atoms with Crippen molar-refractivity contribution >= 4 is 22.8 Å². The highest BCUT2D eigenvalue weighted by atomic mass is 16.5. The number of aromatic nitrogens is 1. The van der Waals surface area contributed by atoms with Gasteiger partial charge in [0.15, 0.2) is 5.78 Å². The third-order valence-corrected chi connectivity index (χ3v) is 7.18. The molecule has 0 N–H and O–H groups in total. The molecule has 2 aromatic rings. The third-order valence-electron chi connectivity index (χ3n) is 7.18. The summed E-state index contributed by atoms with van der Waals surface area (Å²) in [5.74, 6) is 3.96. The van der Waals surface area contributed by atoms with Crippen LogP contribution in [0.3, 0.4) is 0 Å². The minimum absolute atomic E-state index is 0.105. The van der Waals surface area contributed by atoms with E-state index in [0.29, 0.717) is 11.7 Å². The number of ether oxygens (including phenoxy) is 2. The van der Waals surface area contributed by atoms with E-state index in [1.807, 2.05) is 30.3 Å². The predicted molar refractivity (Wildman–Crippen MR) is 109 cm³/mol. The molecular weight excluding hydrogens is 350 g/mol. The van der Waals surface area contributed by atoms with E-state index in [4.69, 9.17) is 9.47 Å². The van der Waals surface area contributed by atoms with Crippen molar-refractivity contribution in [1.29, 1.82) is 0 Å². The highest BCUT2D eigenvalue weighted by Crippen LogP contribution is 2.60. The lowest BCUT2D eigenvalue weighted by Gasteiger charge is -2.55. The second kappa shape index (κ2) is 6.61. The second-order valence-corrected chi connectivity index (χ2v) is 9.04. The zero-order valence-electron chi connectivity index (χ0n) is 16.6. The summed E-state index contributed by atoms with van der Waals surface area (Å²) in [7, 11) is 3.28. The summed E-state index contributed by atoms with van der Waals surface area (Å²) in [6.07, 6.45) is 11.0. The average molecular weight is 377 g/mol. The molecule has 0 atom stereocenters. The van der Waals surface area contributed by atoms with E-state index in [1.54, 1.807) is 20.3 Å². The molecule has 4 nitrogen and oxygen atoms in total. The molecule has 0 spiro atoms. The van der Waals surface area contributed by atoms with Crippen LogP contribution in [0.25, 0.3) is 17.0 Å². The van der Waals surface area contributed by atoms with Crippen LogP contribution in [0.2, 0.25) is 0 Å². The van der Waals surface area contributed by atoms with E-state index in [9.17, 15) is 4.79 Å². The zero-order valence-corrected chi connectivity index (χ0v) is 16.6. The van der Waals surface area contributed by atoms with Gasteiger partial charge in [0.2, 0.25) is 5.88 Å². The molecule has 146 valence electrons. The Morgan fingerprint density at radius 2 is 1.71 bits per heavy atom. The van der Waals surface area contributed by atoms with Crippen LogP contribution in [0.5, 0.6) is 11.6 Å². The molecule has 4 aliphatic rings. The van der Waals surface area contributed by atoms with Crippen LogP contribution >= 0.6 is 0 Å². The van der Waals surface area contributed by atoms with Crippen molar-refractivity contribution in [3.63, 3.8) is 0 Å². The van der Waals surface area contributed by atoms with Crippen LogP contribution in [0.4, 0.5) is 0 Å². The number of benzene rings is 1. The molecule has 4 bridgehead atoms. The highest BCUT2D eigenvalue weighted by molar-refractivity contribution is 5.99. The Bertz CT molecular complexity index is 926. The van der Waals surface area contributed by atoms with Crippen molar-refractivity contribution in [2.75, 3.05) is 14.2 Å². The summed E-state index contributed by atoms with van der Waals surface area (Å²) in [6.45, 7) is 0. The molecule has 0 amide bonds. The molecule has 4 saturated carbocycles. The van der Waals surface area contributed by atoms with Crippen LogP contribution in [0.1, 0.15) is 44.1 Å². The van der Waals surface area contributed by atoms with Crippen molar-refractivity contribution in [3.05, 3.63) is 35.9 Å². The largest absolute Gasteiger partial charge is 0.497 e. The first-order chi connectivity index (χ1) is 13.6. The van der Waals surface area contributed by atoms with E-state index in [0.717, 1.165) is 59.2 Å². The SMILES string of the molecule is COc1ccc2nc(OC)c(C=CC(=O)C34CC5CC(CC(C5)C3)C4)cc2c1. The lowest BCUT2D eigenvalue weighted by molar-refractivity contribution is -0.138. The Morgan fingerprint density at radius 1 is 1.04 bits per heavy atom. The Labute approximate surface area is 165 Å². The topological polar surface area (TPSA) is 48.4 Å². The number of allylic oxidation sites excluding steroid dienone is 1. The van der Waals surface area contributed by atoms with Crippen LogP contribution < -0.4 is 9.47 Å². The third kappa shape index (κ3) is 2.90. The van der Waals surface area contributed by atoms with Gasteiger partial charge in [-0.25, -0.2) is 4.98 Å². The van der Waals surface area contributed by atoms with Crippen molar-refractivity contribution in [3.8, 4) is 11.6 Å². The van der Waals surface area contributed by atoms with Gasteiger partial charge in [0.1, 0.15) is 5.75 Å². The molecule has 0 saturated heterocycles. The quantitative estimate of drug-likeness (QED) is 0.684. The van der Waals surface area contributed by atoms with Gasteiger partial charge in [-0.3, -0.25) is 4.79 Å². The normalized spacial score (nSPS) is 30.9. The fraction of sp³-hybridized carbons (Fsp3) is 0.500. The minimum Gasteiger partial charge on any atom is -0.497 e. The van der Waals surface area contributed by atoms with Gasteiger partial charge in [-0.1, -0.05) is 0 Å². The van der Waals surface area contributed by atoms with Gasteiger partial charge in [0.25, 0.3) is 0 Å². The van der Waals surface area contributed by atoms with Gasteiger partial charge in [-0.15, -0.1) is 0 Å². The standard InChI is InChI=1S/C24H27NO3/c1-27-20-4-5-21-19(11-20)10-18(23(25-21)28-2)3-6-22(26)24-12-15-7-16(13-24)9-17(8-15)14-24/h3-6,10-11,15-17H,7-9,12-14H2,1-2H3. The predicted octanol–water partition coefficient (Wildman–Crippen LogP) is 5.05. The van der Waals surface area contributed by atoms with Crippen LogP contribution in [-0.2, 0) is 4.79 Å². The second-order valence-electron chi connectivity index (χ2n) is 9.04. The molecule has 0 aliphatic heterocycles. The fourth-order valence-electron chi connectivity index (χ4n) is 6.32. The van der Waals surface area contributed by atoms with E-state index >= 15 is 0 Å². The number of ketones is 1. The summed E-state index contributed by atoms with van der Waals surface area (Å²) in [5.41, 5.74) is 1.58. The molecule has 1 aromatic heterocycles. The summed E-state index contributed by atoms with van der Waals surface area (Å²) >= 11 is 0. The number of carbonyl (C=O) groups excluding carboxylic acids is 1. The lowest BCUT2D eigenvalue weighted by atomic mass is 9.48. The smallest absolute Gasteiger partial charge is 0.221 e. The molecular formula is C24H27NO3. The van der Waals surface area contributed by atoms with E-state index in [1.165, 1.54) is 19.3 Å². The molecule has 4 fully saturated rings. The number of rotatable bonds is 5. The molecule has 4 aliphatic carbocycles. The van der Waals surface area contributed by atoms with Gasteiger partial charge in [-0.05, 0) is 92.7 Å². The molecule has 28 heavy (non-hydrogen) atoms. The first-order valence-corrected chi connectivity index (χ1v) is 10.3. The fourth-order valence-corrected chi connectivity index (χ4v) is 6.32. The average Bonchev–Trinajstić information content (AvgIpc) is 2.69. The number of nitrogens with zero attached hydrogens (tertiary/aromatic N) is 1. The van der Waals surface area contributed by atoms with Gasteiger partial charge < -0.3 is 9.47 Å². The Kier molecular flexibility index (Phi) is 4.18. The Hall–Kier alpha value is -2.36. The number of hydrogen-bond acceptors (Lipinski definition) is 4. The van der Waals surface area contributed by atoms with Crippen LogP contribution in [0.15, 0.2) is 30.3 Å².